The maximum atomic E-state index is 13.6. The van der Waals surface area contributed by atoms with Crippen LogP contribution < -0.4 is 0 Å². The minimum Gasteiger partial charge on any atom is -0.392 e. The first-order chi connectivity index (χ1) is 10.2. The summed E-state index contributed by atoms with van der Waals surface area (Å²) in [6, 6.07) is 5.15. The molecule has 0 aliphatic heterocycles. The smallest absolute Gasteiger partial charge is 0.196 e. The van der Waals surface area contributed by atoms with Crippen molar-refractivity contribution in [2.45, 2.75) is 54.3 Å². The van der Waals surface area contributed by atoms with E-state index in [1.807, 2.05) is 0 Å². The van der Waals surface area contributed by atoms with Crippen LogP contribution in [0.3, 0.4) is 0 Å². The van der Waals surface area contributed by atoms with Gasteiger partial charge in [-0.1, -0.05) is 0 Å². The van der Waals surface area contributed by atoms with Crippen LogP contribution in [-0.4, -0.2) is 19.9 Å². The fourth-order valence-electron chi connectivity index (χ4n) is 2.53. The molecule has 1 aromatic heterocycles. The van der Waals surface area contributed by atoms with E-state index in [4.69, 9.17) is 0 Å². The molecule has 0 radical (unpaired) electrons. The van der Waals surface area contributed by atoms with Crippen LogP contribution >= 0.6 is 11.8 Å². The number of rotatable bonds is 5. The zero-order valence-electron chi connectivity index (χ0n) is 11.5. The van der Waals surface area contributed by atoms with Gasteiger partial charge >= 0.3 is 0 Å². The number of aromatic nitrogens is 3. The highest BCUT2D eigenvalue weighted by atomic mass is 32.2. The highest BCUT2D eigenvalue weighted by Gasteiger charge is 2.36. The summed E-state index contributed by atoms with van der Waals surface area (Å²) in [5.41, 5.74) is 0.581. The van der Waals surface area contributed by atoms with Crippen molar-refractivity contribution in [3.63, 3.8) is 0 Å². The average molecular weight is 305 g/mol. The lowest BCUT2D eigenvalue weighted by molar-refractivity contribution is 0.281. The molecule has 0 saturated heterocycles. The van der Waals surface area contributed by atoms with E-state index in [2.05, 4.69) is 14.8 Å². The number of benzene rings is 1. The molecule has 2 aliphatic rings. The Hall–Kier alpha value is -1.40. The summed E-state index contributed by atoms with van der Waals surface area (Å²) in [5, 5.41) is 18.7. The summed E-state index contributed by atoms with van der Waals surface area (Å²) < 4.78 is 15.8. The molecular formula is C15H16FN3OS. The number of hydrogen-bond donors (Lipinski definition) is 1. The molecule has 2 fully saturated rings. The summed E-state index contributed by atoms with van der Waals surface area (Å²) >= 11 is 1.43. The minimum absolute atomic E-state index is 0.159. The molecule has 21 heavy (non-hydrogen) atoms. The van der Waals surface area contributed by atoms with Crippen LogP contribution in [-0.2, 0) is 6.61 Å². The van der Waals surface area contributed by atoms with Gasteiger partial charge in [0.15, 0.2) is 5.16 Å². The van der Waals surface area contributed by atoms with Crippen molar-refractivity contribution in [3.05, 3.63) is 35.4 Å². The lowest BCUT2D eigenvalue weighted by Gasteiger charge is -2.08. The van der Waals surface area contributed by atoms with Crippen LogP contribution in [0.2, 0.25) is 0 Å². The molecule has 1 heterocycles. The molecule has 2 aromatic rings. The molecule has 110 valence electrons. The van der Waals surface area contributed by atoms with Crippen LogP contribution in [0.4, 0.5) is 4.39 Å². The maximum absolute atomic E-state index is 13.6. The first-order valence-corrected chi connectivity index (χ1v) is 8.09. The van der Waals surface area contributed by atoms with Crippen molar-refractivity contribution in [1.82, 2.24) is 14.8 Å². The molecule has 4 rings (SSSR count). The van der Waals surface area contributed by atoms with E-state index in [0.717, 1.165) is 15.9 Å². The fraction of sp³-hybridized carbons (Fsp3) is 0.467. The van der Waals surface area contributed by atoms with Gasteiger partial charge in [0.25, 0.3) is 0 Å². The number of halogens is 1. The molecule has 1 N–H and O–H groups in total. The third kappa shape index (κ3) is 2.70. The Bertz CT molecular complexity index is 680. The van der Waals surface area contributed by atoms with Crippen molar-refractivity contribution < 1.29 is 9.50 Å². The van der Waals surface area contributed by atoms with Gasteiger partial charge in [0.05, 0.1) is 6.61 Å². The summed E-state index contributed by atoms with van der Waals surface area (Å²) in [4.78, 5) is 0.760. The summed E-state index contributed by atoms with van der Waals surface area (Å²) in [5.74, 6) is 1.33. The van der Waals surface area contributed by atoms with Gasteiger partial charge in [0.1, 0.15) is 11.6 Å². The number of aliphatic hydroxyl groups is 1. The lowest BCUT2D eigenvalue weighted by atomic mass is 10.2. The second-order valence-electron chi connectivity index (χ2n) is 5.77. The molecule has 0 bridgehead atoms. The van der Waals surface area contributed by atoms with Crippen LogP contribution in [0.15, 0.2) is 28.3 Å². The number of nitrogens with zero attached hydrogens (tertiary/aromatic N) is 3. The molecule has 0 amide bonds. The van der Waals surface area contributed by atoms with Crippen LogP contribution in [0.5, 0.6) is 0 Å². The van der Waals surface area contributed by atoms with Gasteiger partial charge in [-0.2, -0.15) is 0 Å². The molecule has 0 unspecified atom stereocenters. The Morgan fingerprint density at radius 3 is 2.67 bits per heavy atom. The quantitative estimate of drug-likeness (QED) is 0.921. The zero-order valence-corrected chi connectivity index (χ0v) is 12.3. The third-order valence-electron chi connectivity index (χ3n) is 3.87. The molecule has 0 spiro atoms. The second-order valence-corrected chi connectivity index (χ2v) is 6.81. The monoisotopic (exact) mass is 305 g/mol. The first kappa shape index (κ1) is 13.3. The SMILES string of the molecule is OCc1cc(F)cc(Sc2nnc(C3CC3)n2C2CC2)c1. The van der Waals surface area contributed by atoms with Crippen LogP contribution in [0.1, 0.15) is 49.0 Å². The van der Waals surface area contributed by atoms with Crippen LogP contribution in [0.25, 0.3) is 0 Å². The summed E-state index contributed by atoms with van der Waals surface area (Å²) in [7, 11) is 0. The molecule has 2 aliphatic carbocycles. The van der Waals surface area contributed by atoms with Crippen LogP contribution in [0, 0.1) is 5.82 Å². The van der Waals surface area contributed by atoms with Gasteiger partial charge in [0, 0.05) is 16.9 Å². The van der Waals surface area contributed by atoms with E-state index in [9.17, 15) is 9.50 Å². The van der Waals surface area contributed by atoms with E-state index in [-0.39, 0.29) is 12.4 Å². The van der Waals surface area contributed by atoms with Crippen molar-refractivity contribution in [2.24, 2.45) is 0 Å². The Kier molecular flexibility index (Phi) is 3.23. The Labute approximate surface area is 126 Å². The summed E-state index contributed by atoms with van der Waals surface area (Å²) in [6.45, 7) is -0.159. The van der Waals surface area contributed by atoms with E-state index in [0.29, 0.717) is 17.5 Å². The minimum atomic E-state index is -0.330. The second kappa shape index (κ2) is 5.10. The highest BCUT2D eigenvalue weighted by molar-refractivity contribution is 7.99. The molecule has 6 heteroatoms. The Morgan fingerprint density at radius 2 is 2.00 bits per heavy atom. The summed E-state index contributed by atoms with van der Waals surface area (Å²) in [6.07, 6.45) is 4.75. The molecule has 0 atom stereocenters. The predicted octanol–water partition coefficient (Wildman–Crippen LogP) is 3.27. The highest BCUT2D eigenvalue weighted by Crippen LogP contribution is 2.46. The lowest BCUT2D eigenvalue weighted by Crippen LogP contribution is -2.01. The van der Waals surface area contributed by atoms with Crippen molar-refractivity contribution in [3.8, 4) is 0 Å². The van der Waals surface area contributed by atoms with E-state index in [1.165, 1.54) is 49.6 Å². The van der Waals surface area contributed by atoms with Gasteiger partial charge in [0.2, 0.25) is 0 Å². The number of aliphatic hydroxyl groups excluding tert-OH is 1. The predicted molar refractivity (Wildman–Crippen MR) is 76.7 cm³/mol. The van der Waals surface area contributed by atoms with E-state index >= 15 is 0 Å². The molecule has 1 aromatic carbocycles. The largest absolute Gasteiger partial charge is 0.392 e. The van der Waals surface area contributed by atoms with E-state index in [1.54, 1.807) is 6.07 Å². The third-order valence-corrected chi connectivity index (χ3v) is 4.80. The standard InChI is InChI=1S/C15H16FN3OS/c16-11-5-9(8-20)6-13(7-11)21-15-18-17-14(10-1-2-10)19(15)12-3-4-12/h5-7,10,12,20H,1-4,8H2. The van der Waals surface area contributed by atoms with Crippen molar-refractivity contribution in [2.75, 3.05) is 0 Å². The van der Waals surface area contributed by atoms with Gasteiger partial charge < -0.3 is 9.67 Å². The number of hydrogen-bond acceptors (Lipinski definition) is 4. The van der Waals surface area contributed by atoms with Gasteiger partial charge in [-0.05, 0) is 61.2 Å². The first-order valence-electron chi connectivity index (χ1n) is 7.27. The van der Waals surface area contributed by atoms with Gasteiger partial charge in [-0.25, -0.2) is 4.39 Å². The molecule has 2 saturated carbocycles. The van der Waals surface area contributed by atoms with E-state index < -0.39 is 0 Å². The van der Waals surface area contributed by atoms with Gasteiger partial charge in [-0.3, -0.25) is 0 Å². The normalized spacial score (nSPS) is 18.2. The zero-order chi connectivity index (χ0) is 14.4. The Balaban J connectivity index is 1.66. The van der Waals surface area contributed by atoms with Crippen molar-refractivity contribution >= 4 is 11.8 Å². The molecular weight excluding hydrogens is 289 g/mol. The average Bonchev–Trinajstić information content (AvgIpc) is 3.37. The maximum Gasteiger partial charge on any atom is 0.196 e. The Morgan fingerprint density at radius 1 is 1.19 bits per heavy atom. The molecule has 4 nitrogen and oxygen atoms in total. The topological polar surface area (TPSA) is 50.9 Å². The fourth-order valence-corrected chi connectivity index (χ4v) is 3.55. The van der Waals surface area contributed by atoms with Crippen molar-refractivity contribution in [1.29, 1.82) is 0 Å². The van der Waals surface area contributed by atoms with Gasteiger partial charge in [-0.15, -0.1) is 10.2 Å².